The maximum absolute atomic E-state index is 11.8. The number of carbonyl (C=O) groups is 2. The molecule has 20 heavy (non-hydrogen) atoms. The van der Waals surface area contributed by atoms with Gasteiger partial charge in [-0.25, -0.2) is 4.79 Å². The number of hydrogen-bond donors (Lipinski definition) is 2. The van der Waals surface area contributed by atoms with Crippen LogP contribution in [0.3, 0.4) is 0 Å². The highest BCUT2D eigenvalue weighted by atomic mass is 16.4. The van der Waals surface area contributed by atoms with Gasteiger partial charge in [-0.3, -0.25) is 14.2 Å². The Labute approximate surface area is 115 Å². The zero-order valence-corrected chi connectivity index (χ0v) is 10.9. The lowest BCUT2D eigenvalue weighted by Crippen LogP contribution is -2.28. The fraction of sp³-hybridized carbons (Fsp3) is 0.333. The molecule has 0 fully saturated rings. The van der Waals surface area contributed by atoms with Crippen LogP contribution in [0.4, 0.5) is 0 Å². The molecule has 8 heteroatoms. The largest absolute Gasteiger partial charge is 0.480 e. The number of hydrogen-bond acceptors (Lipinski definition) is 4. The van der Waals surface area contributed by atoms with Crippen LogP contribution in [0.15, 0.2) is 30.7 Å². The van der Waals surface area contributed by atoms with Gasteiger partial charge in [0.1, 0.15) is 11.7 Å². The van der Waals surface area contributed by atoms with Crippen molar-refractivity contribution in [1.29, 1.82) is 0 Å². The molecule has 2 heterocycles. The predicted octanol–water partition coefficient (Wildman–Crippen LogP) is 0.155. The van der Waals surface area contributed by atoms with Crippen LogP contribution in [-0.2, 0) is 11.3 Å². The van der Waals surface area contributed by atoms with Gasteiger partial charge >= 0.3 is 5.97 Å². The van der Waals surface area contributed by atoms with Crippen molar-refractivity contribution in [2.75, 3.05) is 6.54 Å². The molecule has 0 aliphatic carbocycles. The standard InChI is InChI=1S/C12H15N5O3/c1-9(12(19)20)17-7-3-10(15-17)11(18)13-5-8-16-6-2-4-14-16/h2-4,6-7,9H,5,8H2,1H3,(H,13,18)(H,19,20). The van der Waals surface area contributed by atoms with E-state index in [2.05, 4.69) is 15.5 Å². The average Bonchev–Trinajstić information content (AvgIpc) is 3.08. The van der Waals surface area contributed by atoms with Crippen LogP contribution >= 0.6 is 0 Å². The first-order chi connectivity index (χ1) is 9.58. The minimum Gasteiger partial charge on any atom is -0.480 e. The van der Waals surface area contributed by atoms with E-state index < -0.39 is 12.0 Å². The van der Waals surface area contributed by atoms with E-state index in [1.54, 1.807) is 23.1 Å². The molecule has 106 valence electrons. The lowest BCUT2D eigenvalue weighted by Gasteiger charge is -2.06. The van der Waals surface area contributed by atoms with Crippen LogP contribution < -0.4 is 5.32 Å². The Bertz CT molecular complexity index is 590. The van der Waals surface area contributed by atoms with E-state index in [1.807, 2.05) is 0 Å². The summed E-state index contributed by atoms with van der Waals surface area (Å²) >= 11 is 0. The highest BCUT2D eigenvalue weighted by molar-refractivity contribution is 5.92. The SMILES string of the molecule is CC(C(=O)O)n1ccc(C(=O)NCCn2cccn2)n1. The molecule has 2 N–H and O–H groups in total. The normalized spacial score (nSPS) is 12.1. The molecule has 0 aliphatic heterocycles. The molecular weight excluding hydrogens is 262 g/mol. The fourth-order valence-corrected chi connectivity index (χ4v) is 1.60. The summed E-state index contributed by atoms with van der Waals surface area (Å²) in [6.45, 7) is 2.47. The fourth-order valence-electron chi connectivity index (χ4n) is 1.60. The summed E-state index contributed by atoms with van der Waals surface area (Å²) in [5.41, 5.74) is 0.193. The smallest absolute Gasteiger partial charge is 0.328 e. The van der Waals surface area contributed by atoms with Gasteiger partial charge < -0.3 is 10.4 Å². The zero-order chi connectivity index (χ0) is 14.5. The highest BCUT2D eigenvalue weighted by Crippen LogP contribution is 2.05. The van der Waals surface area contributed by atoms with Crippen molar-refractivity contribution < 1.29 is 14.7 Å². The minimum atomic E-state index is -1.00. The second-order valence-corrected chi connectivity index (χ2v) is 4.22. The predicted molar refractivity (Wildman–Crippen MR) is 69.1 cm³/mol. The first-order valence-corrected chi connectivity index (χ1v) is 6.11. The summed E-state index contributed by atoms with van der Waals surface area (Å²) in [5, 5.41) is 19.5. The maximum atomic E-state index is 11.8. The van der Waals surface area contributed by atoms with Crippen LogP contribution in [0.1, 0.15) is 23.5 Å². The van der Waals surface area contributed by atoms with E-state index in [0.717, 1.165) is 0 Å². The summed E-state index contributed by atoms with van der Waals surface area (Å²) in [4.78, 5) is 22.6. The minimum absolute atomic E-state index is 0.193. The zero-order valence-electron chi connectivity index (χ0n) is 10.9. The van der Waals surface area contributed by atoms with E-state index in [1.165, 1.54) is 23.9 Å². The summed E-state index contributed by atoms with van der Waals surface area (Å²) in [6.07, 6.45) is 4.94. The Kier molecular flexibility index (Phi) is 4.14. The molecule has 2 rings (SSSR count). The van der Waals surface area contributed by atoms with Gasteiger partial charge in [0.2, 0.25) is 0 Å². The van der Waals surface area contributed by atoms with E-state index in [0.29, 0.717) is 13.1 Å². The number of rotatable bonds is 6. The Morgan fingerprint density at radius 1 is 1.45 bits per heavy atom. The molecule has 0 saturated heterocycles. The van der Waals surface area contributed by atoms with Gasteiger partial charge in [-0.15, -0.1) is 0 Å². The quantitative estimate of drug-likeness (QED) is 0.782. The van der Waals surface area contributed by atoms with Gasteiger partial charge in [0.05, 0.1) is 6.54 Å². The summed E-state index contributed by atoms with van der Waals surface area (Å²) in [6, 6.07) is 2.49. The van der Waals surface area contributed by atoms with Crippen LogP contribution in [0, 0.1) is 0 Å². The van der Waals surface area contributed by atoms with Crippen molar-refractivity contribution in [3.63, 3.8) is 0 Å². The molecule has 0 bridgehead atoms. The van der Waals surface area contributed by atoms with Crippen LogP contribution in [0.25, 0.3) is 0 Å². The number of carboxylic acid groups (broad SMARTS) is 1. The molecule has 1 amide bonds. The van der Waals surface area contributed by atoms with Crippen molar-refractivity contribution in [1.82, 2.24) is 24.9 Å². The molecule has 0 radical (unpaired) electrons. The number of nitrogens with zero attached hydrogens (tertiary/aromatic N) is 4. The van der Waals surface area contributed by atoms with Crippen LogP contribution in [0.2, 0.25) is 0 Å². The molecule has 0 saturated carbocycles. The van der Waals surface area contributed by atoms with Gasteiger partial charge in [0.15, 0.2) is 0 Å². The molecule has 0 spiro atoms. The first-order valence-electron chi connectivity index (χ1n) is 6.11. The molecule has 8 nitrogen and oxygen atoms in total. The molecule has 1 unspecified atom stereocenters. The van der Waals surface area contributed by atoms with Crippen molar-refractivity contribution >= 4 is 11.9 Å². The van der Waals surface area contributed by atoms with Gasteiger partial charge in [-0.05, 0) is 19.1 Å². The summed E-state index contributed by atoms with van der Waals surface area (Å²) in [5.74, 6) is -1.34. The lowest BCUT2D eigenvalue weighted by atomic mass is 10.3. The highest BCUT2D eigenvalue weighted by Gasteiger charge is 2.16. The lowest BCUT2D eigenvalue weighted by molar-refractivity contribution is -0.140. The van der Waals surface area contributed by atoms with E-state index in [-0.39, 0.29) is 11.6 Å². The first kappa shape index (κ1) is 13.8. The Morgan fingerprint density at radius 2 is 2.25 bits per heavy atom. The number of aliphatic carboxylic acids is 1. The van der Waals surface area contributed by atoms with Gasteiger partial charge in [0, 0.05) is 25.1 Å². The van der Waals surface area contributed by atoms with Gasteiger partial charge in [0.25, 0.3) is 5.91 Å². The van der Waals surface area contributed by atoms with E-state index >= 15 is 0 Å². The number of carboxylic acids is 1. The second kappa shape index (κ2) is 6.00. The third kappa shape index (κ3) is 3.22. The Hall–Kier alpha value is -2.64. The van der Waals surface area contributed by atoms with Crippen LogP contribution in [0.5, 0.6) is 0 Å². The Balaban J connectivity index is 1.88. The van der Waals surface area contributed by atoms with Crippen molar-refractivity contribution in [3.8, 4) is 0 Å². The summed E-state index contributed by atoms with van der Waals surface area (Å²) in [7, 11) is 0. The number of nitrogens with one attached hydrogen (secondary N) is 1. The van der Waals surface area contributed by atoms with Gasteiger partial charge in [-0.1, -0.05) is 0 Å². The maximum Gasteiger partial charge on any atom is 0.328 e. The number of aromatic nitrogens is 4. The molecule has 2 aromatic rings. The van der Waals surface area contributed by atoms with E-state index in [9.17, 15) is 9.59 Å². The molecular formula is C12H15N5O3. The molecule has 0 aliphatic rings. The van der Waals surface area contributed by atoms with Crippen LogP contribution in [-0.4, -0.2) is 43.1 Å². The average molecular weight is 277 g/mol. The van der Waals surface area contributed by atoms with Crippen molar-refractivity contribution in [2.45, 2.75) is 19.5 Å². The van der Waals surface area contributed by atoms with E-state index in [4.69, 9.17) is 5.11 Å². The van der Waals surface area contributed by atoms with Gasteiger partial charge in [-0.2, -0.15) is 10.2 Å². The Morgan fingerprint density at radius 3 is 2.90 bits per heavy atom. The monoisotopic (exact) mass is 277 g/mol. The topological polar surface area (TPSA) is 102 Å². The molecule has 1 atom stereocenters. The summed E-state index contributed by atoms with van der Waals surface area (Å²) < 4.78 is 2.94. The molecule has 0 aromatic carbocycles. The number of amides is 1. The van der Waals surface area contributed by atoms with Crippen molar-refractivity contribution in [3.05, 3.63) is 36.4 Å². The third-order valence-corrected chi connectivity index (χ3v) is 2.78. The number of carbonyl (C=O) groups excluding carboxylic acids is 1. The second-order valence-electron chi connectivity index (χ2n) is 4.22. The third-order valence-electron chi connectivity index (χ3n) is 2.78. The van der Waals surface area contributed by atoms with Crippen molar-refractivity contribution in [2.24, 2.45) is 0 Å². The molecule has 2 aromatic heterocycles.